The number of carboxylic acids is 2. The Morgan fingerprint density at radius 1 is 0.397 bits per heavy atom. The molecule has 45 heteroatoms. The molecule has 3 heterocycles. The molecular weight excluding hydrogens is 1590 g/mol. The van der Waals surface area contributed by atoms with Crippen LogP contribution in [0.2, 0.25) is 0 Å². The number of nitrogens with two attached hydrogens (primary N) is 3. The predicted octanol–water partition coefficient (Wildman–Crippen LogP) is -9.05. The molecule has 3 aliphatic rings. The van der Waals surface area contributed by atoms with E-state index in [0.29, 0.717) is 16.7 Å². The van der Waals surface area contributed by atoms with Gasteiger partial charge in [0, 0.05) is 58.3 Å². The molecule has 0 bridgehead atoms. The number of carbonyl (C=O) groups is 17. The van der Waals surface area contributed by atoms with Crippen LogP contribution in [0.25, 0.3) is 0 Å². The molecule has 3 aromatic rings. The van der Waals surface area contributed by atoms with Crippen LogP contribution in [-0.4, -0.2) is 310 Å². The van der Waals surface area contributed by atoms with Gasteiger partial charge in [0.15, 0.2) is 5.96 Å². The maximum atomic E-state index is 14.6. The Bertz CT molecular complexity index is 4200. The van der Waals surface area contributed by atoms with Crippen LogP contribution in [0.1, 0.15) is 108 Å². The number of hydrogen-bond donors (Lipinski definition) is 25. The van der Waals surface area contributed by atoms with Gasteiger partial charge in [-0.3, -0.25) is 82.1 Å². The van der Waals surface area contributed by atoms with Crippen molar-refractivity contribution in [2.75, 3.05) is 52.6 Å². The summed E-state index contributed by atoms with van der Waals surface area (Å²) in [7, 11) is 0. The van der Waals surface area contributed by atoms with Crippen LogP contribution in [0, 0.1) is 5.41 Å². The number of aliphatic carboxylic acids is 2. The summed E-state index contributed by atoms with van der Waals surface area (Å²) in [6.07, 6.45) is -2.85. The molecule has 0 spiro atoms. The molecule has 15 amide bonds. The maximum Gasteiger partial charge on any atom is 0.328 e. The van der Waals surface area contributed by atoms with Crippen molar-refractivity contribution >= 4 is 107 Å². The highest BCUT2D eigenvalue weighted by molar-refractivity contribution is 6.01. The minimum atomic E-state index is -1.89. The third-order valence-corrected chi connectivity index (χ3v) is 20.2. The molecule has 3 aromatic carbocycles. The fraction of sp³-hybridized carbons (Fsp3) is 0.526. The number of benzene rings is 3. The summed E-state index contributed by atoms with van der Waals surface area (Å²) in [5.41, 5.74) is 17.7. The molecular formula is C76H107N19O26. The van der Waals surface area contributed by atoms with Gasteiger partial charge in [-0.05, 0) is 131 Å². The van der Waals surface area contributed by atoms with Crippen molar-refractivity contribution in [3.63, 3.8) is 0 Å². The van der Waals surface area contributed by atoms with Crippen LogP contribution in [0.5, 0.6) is 17.2 Å². The smallest absolute Gasteiger partial charge is 0.328 e. The number of carbonyl (C=O) groups excluding carboxylic acids is 15. The first-order chi connectivity index (χ1) is 57.4. The van der Waals surface area contributed by atoms with Gasteiger partial charge in [0.2, 0.25) is 88.6 Å². The van der Waals surface area contributed by atoms with Crippen LogP contribution in [-0.2, 0) is 101 Å². The fourth-order valence-electron chi connectivity index (χ4n) is 13.6. The topological polar surface area (TPSA) is 728 Å². The van der Waals surface area contributed by atoms with Crippen molar-refractivity contribution in [1.82, 2.24) is 78.5 Å². The molecule has 662 valence electrons. The lowest BCUT2D eigenvalue weighted by atomic mass is 10.0. The van der Waals surface area contributed by atoms with Crippen LogP contribution >= 0.6 is 0 Å². The van der Waals surface area contributed by atoms with Crippen LogP contribution in [0.3, 0.4) is 0 Å². The standard InChI is InChI=1S/C76H107N19O26/c1-38(82-62(107)47(7-3-27-81-76(79)80)84-64(109)49(24-26-60(104)105)85-65(110)50(87-61(106)46(77)34-96)31-40-11-17-43(100)18-12-40)72(117)93-28-4-8-56(93)69(114)88-51(32-41-13-19-44(101)20-14-41)66(111)91-54(36-98)74(119)95-30-6-10-58(95)71(116)90-53(35-97)68(113)86-48(23-25-59(78)103)63(108)83-39(2)73(118)94-29-5-9-57(94)70(115)89-52(33-42-15-21-45(102)22-16-42)67(112)92-55(37-99)75(120)121/h11-22,38-39,46-58,96-102H,3-10,23-37,77H2,1-2H3,(H2,78,103)(H,82,107)(H,83,108)(H,84,109)(H,85,110)(H,86,113)(H,87,106)(H,88,114)(H,89,115)(H,90,116)(H,91,111)(H,92,112)(H,104,105)(H,120,121)(H4,79,80,81)/t38-,39-,46-,47-,48-,49-,50-,51-,52-,53-,54-,55-,56-,57-,58-/m0/s1. The molecule has 6 rings (SSSR count). The molecule has 3 aliphatic heterocycles. The zero-order valence-corrected chi connectivity index (χ0v) is 66.4. The van der Waals surface area contributed by atoms with E-state index in [2.05, 4.69) is 63.8 Å². The van der Waals surface area contributed by atoms with E-state index in [1.165, 1.54) is 86.6 Å². The van der Waals surface area contributed by atoms with Crippen molar-refractivity contribution < 1.29 is 127 Å². The highest BCUT2D eigenvalue weighted by Gasteiger charge is 2.44. The Labute approximate surface area is 692 Å². The number of amides is 15. The van der Waals surface area contributed by atoms with E-state index in [0.717, 1.165) is 14.7 Å². The number of guanidine groups is 1. The Morgan fingerprint density at radius 3 is 1.07 bits per heavy atom. The molecule has 0 aliphatic carbocycles. The SMILES string of the molecule is C[C@H](NC(=O)[C@H](CCC(N)=O)NC(=O)[C@H](CO)NC(=O)[C@@H]1CCCN1C(=O)[C@H](CO)NC(=O)[C@H](Cc1ccc(O)cc1)NC(=O)[C@@H]1CCCN1C(=O)[C@H](C)NC(=O)[C@H](CCCNC(=N)N)NC(=O)[C@H](CCC(=O)O)NC(=O)[C@H](Cc1ccc(O)cc1)NC(=O)[C@@H](N)CO)C(=O)N1CCC[C@H]1C(=O)N[C@@H](Cc1ccc(O)cc1)C(=O)N[C@@H](CO)C(=O)O. The Balaban J connectivity index is 1.11. The zero-order chi connectivity index (χ0) is 89.5. The molecule has 0 aromatic heterocycles. The molecule has 0 radical (unpaired) electrons. The lowest BCUT2D eigenvalue weighted by Gasteiger charge is -2.31. The lowest BCUT2D eigenvalue weighted by molar-refractivity contribution is -0.144. The normalized spacial score (nSPS) is 17.8. The van der Waals surface area contributed by atoms with E-state index in [1.807, 2.05) is 0 Å². The summed E-state index contributed by atoms with van der Waals surface area (Å²) >= 11 is 0. The van der Waals surface area contributed by atoms with Crippen LogP contribution < -0.4 is 81.0 Å². The Hall–Kier alpha value is -12.9. The zero-order valence-electron chi connectivity index (χ0n) is 66.4. The second-order valence-corrected chi connectivity index (χ2v) is 29.3. The summed E-state index contributed by atoms with van der Waals surface area (Å²) < 4.78 is 0. The summed E-state index contributed by atoms with van der Waals surface area (Å²) in [5, 5.41) is 126. The molecule has 15 atom stereocenters. The lowest BCUT2D eigenvalue weighted by Crippen LogP contribution is -2.61. The number of phenols is 3. The van der Waals surface area contributed by atoms with E-state index in [9.17, 15) is 127 Å². The van der Waals surface area contributed by atoms with Gasteiger partial charge < -0.3 is 142 Å². The largest absolute Gasteiger partial charge is 0.508 e. The molecule has 3 fully saturated rings. The first kappa shape index (κ1) is 97.0. The number of aromatic hydroxyl groups is 3. The van der Waals surface area contributed by atoms with Crippen molar-refractivity contribution in [3.05, 3.63) is 89.5 Å². The fourth-order valence-corrected chi connectivity index (χ4v) is 13.6. The average molecular weight is 1700 g/mol. The van der Waals surface area contributed by atoms with Crippen molar-refractivity contribution in [1.29, 1.82) is 5.41 Å². The van der Waals surface area contributed by atoms with Gasteiger partial charge in [-0.2, -0.15) is 0 Å². The summed E-state index contributed by atoms with van der Waals surface area (Å²) in [6.45, 7) is -1.89. The number of aliphatic hydroxyl groups is 4. The monoisotopic (exact) mass is 1700 g/mol. The first-order valence-corrected chi connectivity index (χ1v) is 39.0. The number of rotatable bonds is 46. The Kier molecular flexibility index (Phi) is 37.7. The molecule has 121 heavy (non-hydrogen) atoms. The van der Waals surface area contributed by atoms with Crippen LogP contribution in [0.4, 0.5) is 0 Å². The molecule has 3 saturated heterocycles. The highest BCUT2D eigenvalue weighted by Crippen LogP contribution is 2.24. The number of primary amides is 1. The second kappa shape index (κ2) is 47.1. The maximum absolute atomic E-state index is 14.6. The summed E-state index contributed by atoms with van der Waals surface area (Å²) in [4.78, 5) is 236. The number of nitrogens with zero attached hydrogens (tertiary/aromatic N) is 3. The average Bonchev–Trinajstić information content (AvgIpc) is 1.56. The second-order valence-electron chi connectivity index (χ2n) is 29.3. The molecule has 0 saturated carbocycles. The third-order valence-electron chi connectivity index (χ3n) is 20.2. The molecule has 28 N–H and O–H groups in total. The number of carboxylic acid groups (broad SMARTS) is 2. The van der Waals surface area contributed by atoms with Gasteiger partial charge in [-0.25, -0.2) is 4.79 Å². The number of nitrogens with one attached hydrogen (secondary N) is 13. The van der Waals surface area contributed by atoms with E-state index in [1.54, 1.807) is 0 Å². The van der Waals surface area contributed by atoms with Gasteiger partial charge in [0.25, 0.3) is 0 Å². The summed E-state index contributed by atoms with van der Waals surface area (Å²) in [6, 6.07) is -7.31. The highest BCUT2D eigenvalue weighted by atomic mass is 16.4. The predicted molar refractivity (Wildman–Crippen MR) is 421 cm³/mol. The molecule has 0 unspecified atom stereocenters. The van der Waals surface area contributed by atoms with Crippen molar-refractivity contribution in [3.8, 4) is 17.2 Å². The van der Waals surface area contributed by atoms with Gasteiger partial charge in [0.05, 0.1) is 26.4 Å². The number of likely N-dealkylation sites (tertiary alicyclic amines) is 3. The first-order valence-electron chi connectivity index (χ1n) is 39.0. The van der Waals surface area contributed by atoms with E-state index in [4.69, 9.17) is 22.6 Å². The van der Waals surface area contributed by atoms with E-state index in [-0.39, 0.29) is 114 Å². The quantitative estimate of drug-likeness (QED) is 0.0142. The van der Waals surface area contributed by atoms with E-state index < -0.39 is 249 Å². The minimum Gasteiger partial charge on any atom is -0.508 e. The summed E-state index contributed by atoms with van der Waals surface area (Å²) in [5.74, 6) is -18.9. The van der Waals surface area contributed by atoms with Gasteiger partial charge in [-0.1, -0.05) is 36.4 Å². The van der Waals surface area contributed by atoms with Gasteiger partial charge in [0.1, 0.15) is 108 Å². The van der Waals surface area contributed by atoms with Crippen LogP contribution in [0.15, 0.2) is 72.8 Å². The van der Waals surface area contributed by atoms with Crippen molar-refractivity contribution in [2.45, 2.75) is 201 Å². The third kappa shape index (κ3) is 29.6. The van der Waals surface area contributed by atoms with Gasteiger partial charge in [-0.15, -0.1) is 0 Å². The van der Waals surface area contributed by atoms with E-state index >= 15 is 0 Å². The van der Waals surface area contributed by atoms with Gasteiger partial charge >= 0.3 is 11.9 Å². The Morgan fingerprint density at radius 2 is 0.711 bits per heavy atom. The number of aliphatic hydroxyl groups excluding tert-OH is 4. The number of hydrogen-bond acceptors (Lipinski definition) is 26. The molecule has 45 nitrogen and oxygen atoms in total. The number of phenolic OH excluding ortho intramolecular Hbond substituents is 3. The minimum absolute atomic E-state index is 0.00771. The van der Waals surface area contributed by atoms with Crippen molar-refractivity contribution in [2.24, 2.45) is 17.2 Å².